The van der Waals surface area contributed by atoms with Crippen molar-refractivity contribution in [1.29, 1.82) is 0 Å². The summed E-state index contributed by atoms with van der Waals surface area (Å²) in [6, 6.07) is 0. The fraction of sp³-hybridized carbons (Fsp3) is 0.667. The van der Waals surface area contributed by atoms with Crippen molar-refractivity contribution in [2.24, 2.45) is 10.3 Å². The summed E-state index contributed by atoms with van der Waals surface area (Å²) in [7, 11) is 3.66. The van der Waals surface area contributed by atoms with Gasteiger partial charge in [0.25, 0.3) is 0 Å². The van der Waals surface area contributed by atoms with E-state index >= 15 is 0 Å². The highest BCUT2D eigenvalue weighted by Gasteiger charge is 2.05. The van der Waals surface area contributed by atoms with E-state index in [1.54, 1.807) is 6.92 Å². The molecule has 0 fully saturated rings. The van der Waals surface area contributed by atoms with Gasteiger partial charge < -0.3 is 15.3 Å². The fourth-order valence-corrected chi connectivity index (χ4v) is 0.576. The lowest BCUT2D eigenvalue weighted by atomic mass is 10.2. The second-order valence-electron chi connectivity index (χ2n) is 2.47. The average Bonchev–Trinajstić information content (AvgIpc) is 1.98. The summed E-state index contributed by atoms with van der Waals surface area (Å²) < 4.78 is 0. The van der Waals surface area contributed by atoms with Gasteiger partial charge in [-0.05, 0) is 21.0 Å². The SMILES string of the molecule is CC(=N\O)/C(CN(C)C)=N/O. The zero-order valence-corrected chi connectivity index (χ0v) is 6.94. The molecule has 64 valence electrons. The van der Waals surface area contributed by atoms with Gasteiger partial charge in [-0.2, -0.15) is 0 Å². The van der Waals surface area contributed by atoms with E-state index in [4.69, 9.17) is 10.4 Å². The molecule has 5 heteroatoms. The van der Waals surface area contributed by atoms with Crippen LogP contribution in [0.15, 0.2) is 10.3 Å². The predicted octanol–water partition coefficient (Wildman–Crippen LogP) is 0.228. The summed E-state index contributed by atoms with van der Waals surface area (Å²) in [5.74, 6) is 0. The van der Waals surface area contributed by atoms with Crippen LogP contribution in [0.4, 0.5) is 0 Å². The first-order chi connectivity index (χ1) is 5.11. The lowest BCUT2D eigenvalue weighted by Crippen LogP contribution is -2.26. The van der Waals surface area contributed by atoms with Gasteiger partial charge in [0.15, 0.2) is 0 Å². The summed E-state index contributed by atoms with van der Waals surface area (Å²) in [4.78, 5) is 1.81. The fourth-order valence-electron chi connectivity index (χ4n) is 0.576. The number of oxime groups is 2. The van der Waals surface area contributed by atoms with E-state index in [2.05, 4.69) is 10.3 Å². The van der Waals surface area contributed by atoms with Crippen molar-refractivity contribution in [3.8, 4) is 0 Å². The molecule has 0 rings (SSSR count). The highest BCUT2D eigenvalue weighted by atomic mass is 16.4. The molecule has 0 aromatic rings. The van der Waals surface area contributed by atoms with Crippen molar-refractivity contribution in [1.82, 2.24) is 4.90 Å². The maximum absolute atomic E-state index is 8.45. The van der Waals surface area contributed by atoms with Crippen LogP contribution in [0.1, 0.15) is 6.92 Å². The third kappa shape index (κ3) is 3.57. The molecule has 0 aromatic heterocycles. The Labute approximate surface area is 65.6 Å². The lowest BCUT2D eigenvalue weighted by molar-refractivity contribution is 0.310. The van der Waals surface area contributed by atoms with Gasteiger partial charge in [-0.3, -0.25) is 0 Å². The maximum Gasteiger partial charge on any atom is 0.118 e. The van der Waals surface area contributed by atoms with Gasteiger partial charge in [0.05, 0.1) is 0 Å². The third-order valence-corrected chi connectivity index (χ3v) is 1.15. The normalized spacial score (nSPS) is 14.2. The van der Waals surface area contributed by atoms with Crippen LogP contribution in [-0.2, 0) is 0 Å². The molecule has 0 heterocycles. The van der Waals surface area contributed by atoms with Crippen molar-refractivity contribution < 1.29 is 10.4 Å². The van der Waals surface area contributed by atoms with Crippen LogP contribution in [0.3, 0.4) is 0 Å². The summed E-state index contributed by atoms with van der Waals surface area (Å²) >= 11 is 0. The van der Waals surface area contributed by atoms with Crippen LogP contribution in [0.2, 0.25) is 0 Å². The van der Waals surface area contributed by atoms with Crippen LogP contribution in [0, 0.1) is 0 Å². The highest BCUT2D eigenvalue weighted by molar-refractivity contribution is 6.41. The first-order valence-corrected chi connectivity index (χ1v) is 3.16. The zero-order valence-electron chi connectivity index (χ0n) is 6.94. The van der Waals surface area contributed by atoms with Crippen molar-refractivity contribution in [3.63, 3.8) is 0 Å². The van der Waals surface area contributed by atoms with E-state index in [0.29, 0.717) is 18.0 Å². The Balaban J connectivity index is 4.21. The molecular formula is C6H13N3O2. The average molecular weight is 159 g/mol. The van der Waals surface area contributed by atoms with Gasteiger partial charge in [0, 0.05) is 6.54 Å². The number of hydrogen-bond acceptors (Lipinski definition) is 5. The van der Waals surface area contributed by atoms with E-state index in [1.165, 1.54) is 0 Å². The molecule has 0 spiro atoms. The van der Waals surface area contributed by atoms with E-state index in [1.807, 2.05) is 19.0 Å². The molecule has 0 radical (unpaired) electrons. The van der Waals surface area contributed by atoms with Crippen molar-refractivity contribution in [2.75, 3.05) is 20.6 Å². The Morgan fingerprint density at radius 1 is 1.27 bits per heavy atom. The van der Waals surface area contributed by atoms with Crippen LogP contribution in [-0.4, -0.2) is 47.4 Å². The molecule has 0 aliphatic heterocycles. The van der Waals surface area contributed by atoms with Gasteiger partial charge in [0.2, 0.25) is 0 Å². The van der Waals surface area contributed by atoms with Crippen LogP contribution in [0.5, 0.6) is 0 Å². The minimum absolute atomic E-state index is 0.321. The second kappa shape index (κ2) is 4.68. The van der Waals surface area contributed by atoms with E-state index in [0.717, 1.165) is 0 Å². The Morgan fingerprint density at radius 3 is 2.09 bits per heavy atom. The lowest BCUT2D eigenvalue weighted by Gasteiger charge is -2.08. The van der Waals surface area contributed by atoms with Gasteiger partial charge in [-0.15, -0.1) is 0 Å². The smallest absolute Gasteiger partial charge is 0.118 e. The monoisotopic (exact) mass is 159 g/mol. The molecule has 0 aliphatic carbocycles. The number of hydrogen-bond donors (Lipinski definition) is 2. The van der Waals surface area contributed by atoms with E-state index < -0.39 is 0 Å². The molecule has 5 nitrogen and oxygen atoms in total. The molecule has 0 unspecified atom stereocenters. The van der Waals surface area contributed by atoms with Crippen LogP contribution >= 0.6 is 0 Å². The summed E-state index contributed by atoms with van der Waals surface area (Å²) in [5, 5.41) is 22.7. The topological polar surface area (TPSA) is 68.4 Å². The Morgan fingerprint density at radius 2 is 1.82 bits per heavy atom. The molecule has 0 aromatic carbocycles. The standard InChI is InChI=1S/C6H13N3O2/c1-5(7-10)6(8-11)4-9(2)3/h10-11H,4H2,1-3H3/b7-5+,8-6+. The summed E-state index contributed by atoms with van der Waals surface area (Å²) in [5.41, 5.74) is 0.679. The summed E-state index contributed by atoms with van der Waals surface area (Å²) in [6.45, 7) is 2.02. The molecule has 0 amide bonds. The number of nitrogens with zero attached hydrogens (tertiary/aromatic N) is 3. The molecule has 0 saturated heterocycles. The third-order valence-electron chi connectivity index (χ3n) is 1.15. The molecule has 0 aliphatic rings. The molecule has 2 N–H and O–H groups in total. The van der Waals surface area contributed by atoms with Gasteiger partial charge in [-0.1, -0.05) is 10.3 Å². The molecule has 11 heavy (non-hydrogen) atoms. The van der Waals surface area contributed by atoms with Gasteiger partial charge in [-0.25, -0.2) is 0 Å². The van der Waals surface area contributed by atoms with Crippen molar-refractivity contribution in [3.05, 3.63) is 0 Å². The highest BCUT2D eigenvalue weighted by Crippen LogP contribution is 1.86. The zero-order chi connectivity index (χ0) is 8.85. The molecular weight excluding hydrogens is 146 g/mol. The van der Waals surface area contributed by atoms with E-state index in [9.17, 15) is 0 Å². The van der Waals surface area contributed by atoms with Crippen LogP contribution < -0.4 is 0 Å². The second-order valence-corrected chi connectivity index (χ2v) is 2.47. The largest absolute Gasteiger partial charge is 0.411 e. The predicted molar refractivity (Wildman–Crippen MR) is 42.7 cm³/mol. The Bertz CT molecular complexity index is 175. The van der Waals surface area contributed by atoms with Gasteiger partial charge >= 0.3 is 0 Å². The minimum atomic E-state index is 0.321. The molecule has 0 bridgehead atoms. The van der Waals surface area contributed by atoms with Crippen molar-refractivity contribution in [2.45, 2.75) is 6.92 Å². The number of rotatable bonds is 3. The molecule has 0 atom stereocenters. The quantitative estimate of drug-likeness (QED) is 0.352. The van der Waals surface area contributed by atoms with Gasteiger partial charge in [0.1, 0.15) is 11.4 Å². The first-order valence-electron chi connectivity index (χ1n) is 3.16. The molecule has 0 saturated carbocycles. The minimum Gasteiger partial charge on any atom is -0.411 e. The van der Waals surface area contributed by atoms with Crippen molar-refractivity contribution >= 4 is 11.4 Å². The summed E-state index contributed by atoms with van der Waals surface area (Å²) in [6.07, 6.45) is 0. The first kappa shape index (κ1) is 9.90. The van der Waals surface area contributed by atoms with E-state index in [-0.39, 0.29) is 0 Å². The Kier molecular flexibility index (Phi) is 4.21. The Hall–Kier alpha value is -1.10. The van der Waals surface area contributed by atoms with Crippen LogP contribution in [0.25, 0.3) is 0 Å². The maximum atomic E-state index is 8.45.